The highest BCUT2D eigenvalue weighted by Crippen LogP contribution is 2.29. The van der Waals surface area contributed by atoms with Gasteiger partial charge in [0.25, 0.3) is 0 Å². The zero-order valence-corrected chi connectivity index (χ0v) is 16.3. The normalized spacial score (nSPS) is 18.5. The van der Waals surface area contributed by atoms with Crippen LogP contribution in [0.4, 0.5) is 17.1 Å². The molecule has 2 aromatic carbocycles. The summed E-state index contributed by atoms with van der Waals surface area (Å²) in [6, 6.07) is 14.0. The number of para-hydroxylation sites is 1. The van der Waals surface area contributed by atoms with Crippen molar-refractivity contribution in [2.45, 2.75) is 39.0 Å². The van der Waals surface area contributed by atoms with Crippen molar-refractivity contribution < 1.29 is 9.59 Å². The summed E-state index contributed by atoms with van der Waals surface area (Å²) < 4.78 is 0. The number of hydrogen-bond donors (Lipinski definition) is 2. The lowest BCUT2D eigenvalue weighted by Gasteiger charge is -2.24. The zero-order chi connectivity index (χ0) is 19.5. The van der Waals surface area contributed by atoms with E-state index in [1.807, 2.05) is 36.4 Å². The molecule has 0 aromatic heterocycles. The second kappa shape index (κ2) is 8.05. The molecule has 1 saturated heterocycles. The van der Waals surface area contributed by atoms with Crippen molar-refractivity contribution in [3.05, 3.63) is 53.6 Å². The van der Waals surface area contributed by atoms with Crippen LogP contribution in [0.1, 0.15) is 36.8 Å². The van der Waals surface area contributed by atoms with E-state index in [4.69, 9.17) is 0 Å². The highest BCUT2D eigenvalue weighted by molar-refractivity contribution is 5.96. The molecule has 1 atom stereocenters. The molecule has 5 nitrogen and oxygen atoms in total. The fraction of sp³-hybridized carbons (Fsp3) is 0.391. The molecule has 0 spiro atoms. The van der Waals surface area contributed by atoms with Crippen LogP contribution in [0.25, 0.3) is 0 Å². The van der Waals surface area contributed by atoms with Gasteiger partial charge in [0.05, 0.1) is 0 Å². The number of amides is 2. The smallest absolute Gasteiger partial charge is 0.227 e. The van der Waals surface area contributed by atoms with Gasteiger partial charge in [-0.1, -0.05) is 18.2 Å². The Labute approximate surface area is 166 Å². The summed E-state index contributed by atoms with van der Waals surface area (Å²) in [4.78, 5) is 27.1. The Morgan fingerprint density at radius 1 is 1.18 bits per heavy atom. The van der Waals surface area contributed by atoms with Crippen molar-refractivity contribution in [2.24, 2.45) is 5.92 Å². The number of benzene rings is 2. The Kier molecular flexibility index (Phi) is 5.33. The van der Waals surface area contributed by atoms with Crippen LogP contribution in [0.2, 0.25) is 0 Å². The van der Waals surface area contributed by atoms with Crippen LogP contribution in [0.15, 0.2) is 42.5 Å². The largest absolute Gasteiger partial charge is 0.371 e. The predicted molar refractivity (Wildman–Crippen MR) is 113 cm³/mol. The van der Waals surface area contributed by atoms with Gasteiger partial charge in [-0.2, -0.15) is 0 Å². The van der Waals surface area contributed by atoms with Gasteiger partial charge in [0.15, 0.2) is 0 Å². The minimum Gasteiger partial charge on any atom is -0.371 e. The summed E-state index contributed by atoms with van der Waals surface area (Å²) in [5.41, 5.74) is 5.29. The monoisotopic (exact) mass is 377 g/mol. The number of nitrogens with one attached hydrogen (secondary N) is 2. The lowest BCUT2D eigenvalue weighted by atomic mass is 9.89. The number of hydrogen-bond acceptors (Lipinski definition) is 3. The molecule has 2 N–H and O–H groups in total. The molecule has 146 valence electrons. The molecule has 0 aliphatic carbocycles. The van der Waals surface area contributed by atoms with E-state index in [2.05, 4.69) is 28.5 Å². The number of carbonyl (C=O) groups is 2. The Balaban J connectivity index is 1.32. The van der Waals surface area contributed by atoms with Crippen LogP contribution in [0, 0.1) is 12.8 Å². The first-order valence-electron chi connectivity index (χ1n) is 10.1. The van der Waals surface area contributed by atoms with E-state index in [1.165, 1.54) is 24.1 Å². The second-order valence-electron chi connectivity index (χ2n) is 7.83. The van der Waals surface area contributed by atoms with E-state index in [9.17, 15) is 9.59 Å². The van der Waals surface area contributed by atoms with Gasteiger partial charge in [-0.05, 0) is 68.0 Å². The third-order valence-electron chi connectivity index (χ3n) is 5.76. The van der Waals surface area contributed by atoms with E-state index in [-0.39, 0.29) is 17.7 Å². The maximum absolute atomic E-state index is 12.4. The fourth-order valence-electron chi connectivity index (χ4n) is 4.22. The van der Waals surface area contributed by atoms with E-state index in [0.29, 0.717) is 19.3 Å². The lowest BCUT2D eigenvalue weighted by molar-refractivity contribution is -0.121. The minimum atomic E-state index is -0.153. The van der Waals surface area contributed by atoms with Crippen molar-refractivity contribution in [1.82, 2.24) is 0 Å². The van der Waals surface area contributed by atoms with Crippen LogP contribution in [0.3, 0.4) is 0 Å². The van der Waals surface area contributed by atoms with Gasteiger partial charge >= 0.3 is 0 Å². The van der Waals surface area contributed by atoms with E-state index < -0.39 is 0 Å². The molecular formula is C23H27N3O2. The first-order valence-corrected chi connectivity index (χ1v) is 10.1. The van der Waals surface area contributed by atoms with Crippen LogP contribution < -0.4 is 15.5 Å². The Hall–Kier alpha value is -2.82. The van der Waals surface area contributed by atoms with Crippen LogP contribution in [0.5, 0.6) is 0 Å². The average Bonchev–Trinajstić information content (AvgIpc) is 3.21. The number of rotatable bonds is 5. The molecule has 1 fully saturated rings. The maximum atomic E-state index is 12.4. The number of fused-ring (bicyclic) bond motifs is 1. The standard InChI is InChI=1S/C23H27N3O2/c1-16-14-19(9-10-21(16)26-12-4-5-13-26)24-22(27)11-8-18-15-17-6-2-3-7-20(17)25-23(18)28/h2-3,6-7,9-10,14,18H,4-5,8,11-13,15H2,1H3,(H,24,27)(H,25,28)/t18-/m1/s1. The molecule has 0 unspecified atom stereocenters. The predicted octanol–water partition coefficient (Wildman–Crippen LogP) is 4.12. The Morgan fingerprint density at radius 2 is 1.96 bits per heavy atom. The summed E-state index contributed by atoms with van der Waals surface area (Å²) in [5, 5.41) is 5.93. The number of nitrogens with zero attached hydrogens (tertiary/aromatic N) is 1. The summed E-state index contributed by atoms with van der Waals surface area (Å²) in [6.07, 6.45) is 4.08. The zero-order valence-electron chi connectivity index (χ0n) is 16.3. The van der Waals surface area contributed by atoms with Gasteiger partial charge in [-0.15, -0.1) is 0 Å². The summed E-state index contributed by atoms with van der Waals surface area (Å²) in [5.74, 6) is -0.183. The first kappa shape index (κ1) is 18.5. The quantitative estimate of drug-likeness (QED) is 0.824. The van der Waals surface area contributed by atoms with Crippen LogP contribution in [-0.4, -0.2) is 24.9 Å². The molecule has 2 aliphatic rings. The van der Waals surface area contributed by atoms with Crippen LogP contribution >= 0.6 is 0 Å². The second-order valence-corrected chi connectivity index (χ2v) is 7.83. The van der Waals surface area contributed by atoms with Gasteiger partial charge in [-0.25, -0.2) is 0 Å². The topological polar surface area (TPSA) is 61.4 Å². The fourth-order valence-corrected chi connectivity index (χ4v) is 4.22. The molecular weight excluding hydrogens is 350 g/mol. The van der Waals surface area contributed by atoms with Gasteiger partial charge in [0.1, 0.15) is 0 Å². The average molecular weight is 377 g/mol. The van der Waals surface area contributed by atoms with Crippen LogP contribution in [-0.2, 0) is 16.0 Å². The Bertz CT molecular complexity index is 887. The number of carbonyl (C=O) groups excluding carboxylic acids is 2. The van der Waals surface area contributed by atoms with Gasteiger partial charge in [0, 0.05) is 42.5 Å². The van der Waals surface area contributed by atoms with Crippen molar-refractivity contribution in [1.29, 1.82) is 0 Å². The highest BCUT2D eigenvalue weighted by Gasteiger charge is 2.26. The van der Waals surface area contributed by atoms with Crippen molar-refractivity contribution in [2.75, 3.05) is 28.6 Å². The minimum absolute atomic E-state index is 0.0114. The summed E-state index contributed by atoms with van der Waals surface area (Å²) in [6.45, 7) is 4.31. The third-order valence-corrected chi connectivity index (χ3v) is 5.76. The molecule has 0 bridgehead atoms. The molecule has 2 amide bonds. The molecule has 4 rings (SSSR count). The van der Waals surface area contributed by atoms with Crippen molar-refractivity contribution in [3.63, 3.8) is 0 Å². The van der Waals surface area contributed by atoms with Gasteiger partial charge in [-0.3, -0.25) is 9.59 Å². The van der Waals surface area contributed by atoms with E-state index >= 15 is 0 Å². The summed E-state index contributed by atoms with van der Waals surface area (Å²) in [7, 11) is 0. The summed E-state index contributed by atoms with van der Waals surface area (Å²) >= 11 is 0. The lowest BCUT2D eigenvalue weighted by Crippen LogP contribution is -2.30. The van der Waals surface area contributed by atoms with Gasteiger partial charge < -0.3 is 15.5 Å². The SMILES string of the molecule is Cc1cc(NC(=O)CC[C@@H]2Cc3ccccc3NC2=O)ccc1N1CCCC1. The first-order chi connectivity index (χ1) is 13.6. The Morgan fingerprint density at radius 3 is 2.75 bits per heavy atom. The molecule has 0 radical (unpaired) electrons. The molecule has 2 heterocycles. The van der Waals surface area contributed by atoms with E-state index in [0.717, 1.165) is 30.0 Å². The van der Waals surface area contributed by atoms with E-state index in [1.54, 1.807) is 0 Å². The molecule has 2 aliphatic heterocycles. The molecule has 28 heavy (non-hydrogen) atoms. The van der Waals surface area contributed by atoms with Crippen molar-refractivity contribution in [3.8, 4) is 0 Å². The molecule has 0 saturated carbocycles. The maximum Gasteiger partial charge on any atom is 0.227 e. The number of aryl methyl sites for hydroxylation is 1. The van der Waals surface area contributed by atoms with Gasteiger partial charge in [0.2, 0.25) is 11.8 Å². The highest BCUT2D eigenvalue weighted by atomic mass is 16.2. The molecule has 2 aromatic rings. The number of anilines is 3. The molecule has 5 heteroatoms. The third kappa shape index (κ3) is 4.03. The van der Waals surface area contributed by atoms with Crippen molar-refractivity contribution >= 4 is 28.9 Å².